The van der Waals surface area contributed by atoms with Crippen LogP contribution in [0.25, 0.3) is 0 Å². The Morgan fingerprint density at radius 1 is 1.28 bits per heavy atom. The highest BCUT2D eigenvalue weighted by atomic mass is 35.5. The number of halogens is 1. The van der Waals surface area contributed by atoms with E-state index in [0.717, 1.165) is 22.1 Å². The number of hydrogen-bond acceptors (Lipinski definition) is 3. The molecule has 0 aliphatic rings. The van der Waals surface area contributed by atoms with Gasteiger partial charge in [-0.2, -0.15) is 0 Å². The first-order chi connectivity index (χ1) is 8.77. The first kappa shape index (κ1) is 15.8. The second-order valence-corrected chi connectivity index (χ2v) is 5.92. The van der Waals surface area contributed by atoms with Gasteiger partial charge in [0.05, 0.1) is 5.02 Å². The first-order valence-corrected chi connectivity index (χ1v) is 7.97. The summed E-state index contributed by atoms with van der Waals surface area (Å²) in [5.74, 6) is 6.56. The van der Waals surface area contributed by atoms with E-state index in [2.05, 4.69) is 18.4 Å². The van der Waals surface area contributed by atoms with Crippen LogP contribution in [0.1, 0.15) is 39.0 Å². The van der Waals surface area contributed by atoms with Crippen molar-refractivity contribution < 1.29 is 0 Å². The summed E-state index contributed by atoms with van der Waals surface area (Å²) < 4.78 is 0. The molecule has 0 radical (unpaired) electrons. The molecule has 0 aromatic heterocycles. The van der Waals surface area contributed by atoms with Gasteiger partial charge in [0.25, 0.3) is 0 Å². The lowest BCUT2D eigenvalue weighted by Gasteiger charge is -2.15. The van der Waals surface area contributed by atoms with Gasteiger partial charge in [0.15, 0.2) is 0 Å². The minimum atomic E-state index is 0.364. The molecule has 0 saturated heterocycles. The molecule has 1 unspecified atom stereocenters. The normalized spacial score (nSPS) is 12.6. The molecule has 0 aliphatic heterocycles. The Bertz CT molecular complexity index is 333. The Labute approximate surface area is 120 Å². The molecule has 4 heteroatoms. The van der Waals surface area contributed by atoms with Crippen LogP contribution >= 0.6 is 23.4 Å². The standard InChI is InChI=1S/C14H23ClN2S/c1-2-3-4-5-8-12(17-16)11-18-14-10-7-6-9-13(14)15/h6-7,9-10,12,17H,2-5,8,11,16H2,1H3. The summed E-state index contributed by atoms with van der Waals surface area (Å²) >= 11 is 7.89. The number of unbranched alkanes of at least 4 members (excludes halogenated alkanes) is 3. The summed E-state index contributed by atoms with van der Waals surface area (Å²) in [6.45, 7) is 2.23. The van der Waals surface area contributed by atoms with Gasteiger partial charge in [-0.3, -0.25) is 11.3 Å². The molecule has 0 aliphatic carbocycles. The predicted octanol–water partition coefficient (Wildman–Crippen LogP) is 4.23. The molecule has 18 heavy (non-hydrogen) atoms. The Morgan fingerprint density at radius 2 is 2.06 bits per heavy atom. The van der Waals surface area contributed by atoms with Gasteiger partial charge in [0.2, 0.25) is 0 Å². The van der Waals surface area contributed by atoms with E-state index in [0.29, 0.717) is 6.04 Å². The van der Waals surface area contributed by atoms with Gasteiger partial charge in [-0.25, -0.2) is 0 Å². The second kappa shape index (κ2) is 9.68. The summed E-state index contributed by atoms with van der Waals surface area (Å²) in [5, 5.41) is 0.823. The highest BCUT2D eigenvalue weighted by Gasteiger charge is 2.08. The maximum absolute atomic E-state index is 6.12. The van der Waals surface area contributed by atoms with E-state index < -0.39 is 0 Å². The summed E-state index contributed by atoms with van der Waals surface area (Å²) in [4.78, 5) is 1.13. The van der Waals surface area contributed by atoms with Crippen molar-refractivity contribution in [1.82, 2.24) is 5.43 Å². The zero-order chi connectivity index (χ0) is 13.2. The number of hydrogen-bond donors (Lipinski definition) is 2. The number of rotatable bonds is 9. The Hall–Kier alpha value is -0.220. The van der Waals surface area contributed by atoms with Crippen LogP contribution < -0.4 is 11.3 Å². The maximum atomic E-state index is 6.12. The van der Waals surface area contributed by atoms with Gasteiger partial charge in [-0.15, -0.1) is 11.8 Å². The van der Waals surface area contributed by atoms with Crippen LogP contribution in [0, 0.1) is 0 Å². The third-order valence-electron chi connectivity index (χ3n) is 2.92. The van der Waals surface area contributed by atoms with Gasteiger partial charge in [-0.05, 0) is 18.6 Å². The second-order valence-electron chi connectivity index (χ2n) is 4.45. The van der Waals surface area contributed by atoms with E-state index >= 15 is 0 Å². The van der Waals surface area contributed by atoms with Crippen molar-refractivity contribution in [3.05, 3.63) is 29.3 Å². The van der Waals surface area contributed by atoms with Crippen LogP contribution in [0.2, 0.25) is 5.02 Å². The topological polar surface area (TPSA) is 38.0 Å². The predicted molar refractivity (Wildman–Crippen MR) is 82.0 cm³/mol. The largest absolute Gasteiger partial charge is 0.271 e. The zero-order valence-electron chi connectivity index (χ0n) is 11.0. The summed E-state index contributed by atoms with van der Waals surface area (Å²) in [6, 6.07) is 8.31. The molecule has 0 bridgehead atoms. The highest BCUT2D eigenvalue weighted by molar-refractivity contribution is 7.99. The van der Waals surface area contributed by atoms with Crippen molar-refractivity contribution in [2.75, 3.05) is 5.75 Å². The van der Waals surface area contributed by atoms with E-state index in [1.807, 2.05) is 18.2 Å². The van der Waals surface area contributed by atoms with Crippen molar-refractivity contribution in [1.29, 1.82) is 0 Å². The molecule has 1 aromatic rings. The van der Waals surface area contributed by atoms with Crippen LogP contribution in [-0.4, -0.2) is 11.8 Å². The minimum Gasteiger partial charge on any atom is -0.271 e. The zero-order valence-corrected chi connectivity index (χ0v) is 12.6. The third kappa shape index (κ3) is 6.10. The smallest absolute Gasteiger partial charge is 0.0541 e. The summed E-state index contributed by atoms with van der Waals surface area (Å²) in [6.07, 6.45) is 6.26. The fourth-order valence-corrected chi connectivity index (χ4v) is 3.11. The fraction of sp³-hybridized carbons (Fsp3) is 0.571. The first-order valence-electron chi connectivity index (χ1n) is 6.61. The number of nitrogens with two attached hydrogens (primary N) is 1. The van der Waals surface area contributed by atoms with Crippen LogP contribution in [-0.2, 0) is 0 Å². The molecule has 3 N–H and O–H groups in total. The molecule has 0 heterocycles. The lowest BCUT2D eigenvalue weighted by Crippen LogP contribution is -2.36. The van der Waals surface area contributed by atoms with Crippen LogP contribution in [0.3, 0.4) is 0 Å². The number of hydrazine groups is 1. The number of nitrogens with one attached hydrogen (secondary N) is 1. The van der Waals surface area contributed by atoms with E-state index in [9.17, 15) is 0 Å². The van der Waals surface area contributed by atoms with Crippen LogP contribution in [0.5, 0.6) is 0 Å². The van der Waals surface area contributed by atoms with Crippen molar-refractivity contribution >= 4 is 23.4 Å². The molecule has 0 amide bonds. The molecule has 1 atom stereocenters. The molecule has 2 nitrogen and oxygen atoms in total. The molecule has 102 valence electrons. The Balaban J connectivity index is 2.29. The van der Waals surface area contributed by atoms with Gasteiger partial charge in [0, 0.05) is 16.7 Å². The summed E-state index contributed by atoms with van der Waals surface area (Å²) in [5.41, 5.74) is 2.90. The molecule has 1 rings (SSSR count). The number of thioether (sulfide) groups is 1. The van der Waals surface area contributed by atoms with Crippen molar-refractivity contribution in [3.8, 4) is 0 Å². The lowest BCUT2D eigenvalue weighted by molar-refractivity contribution is 0.501. The van der Waals surface area contributed by atoms with Gasteiger partial charge < -0.3 is 0 Å². The molecule has 0 saturated carbocycles. The average molecular weight is 287 g/mol. The van der Waals surface area contributed by atoms with E-state index in [1.165, 1.54) is 25.7 Å². The van der Waals surface area contributed by atoms with Gasteiger partial charge >= 0.3 is 0 Å². The Kier molecular flexibility index (Phi) is 8.51. The SMILES string of the molecule is CCCCCCC(CSc1ccccc1Cl)NN. The van der Waals surface area contributed by atoms with Crippen molar-refractivity contribution in [2.45, 2.75) is 50.0 Å². The van der Waals surface area contributed by atoms with E-state index in [1.54, 1.807) is 11.8 Å². The van der Waals surface area contributed by atoms with Gasteiger partial charge in [-0.1, -0.05) is 56.3 Å². The monoisotopic (exact) mass is 286 g/mol. The maximum Gasteiger partial charge on any atom is 0.0541 e. The van der Waals surface area contributed by atoms with Crippen molar-refractivity contribution in [2.24, 2.45) is 5.84 Å². The molecular weight excluding hydrogens is 264 g/mol. The molecule has 0 fully saturated rings. The highest BCUT2D eigenvalue weighted by Crippen LogP contribution is 2.27. The molecular formula is C14H23ClN2S. The van der Waals surface area contributed by atoms with Crippen molar-refractivity contribution in [3.63, 3.8) is 0 Å². The van der Waals surface area contributed by atoms with Crippen LogP contribution in [0.15, 0.2) is 29.2 Å². The summed E-state index contributed by atoms with van der Waals surface area (Å²) in [7, 11) is 0. The molecule has 0 spiro atoms. The van der Waals surface area contributed by atoms with E-state index in [-0.39, 0.29) is 0 Å². The van der Waals surface area contributed by atoms with Gasteiger partial charge in [0.1, 0.15) is 0 Å². The third-order valence-corrected chi connectivity index (χ3v) is 4.60. The quantitative estimate of drug-likeness (QED) is 0.309. The molecule has 1 aromatic carbocycles. The average Bonchev–Trinajstić information content (AvgIpc) is 2.40. The lowest BCUT2D eigenvalue weighted by atomic mass is 10.1. The fourth-order valence-electron chi connectivity index (χ4n) is 1.78. The van der Waals surface area contributed by atoms with Crippen LogP contribution in [0.4, 0.5) is 0 Å². The van der Waals surface area contributed by atoms with E-state index in [4.69, 9.17) is 17.4 Å². The minimum absolute atomic E-state index is 0.364. The number of benzene rings is 1. The Morgan fingerprint density at radius 3 is 2.72 bits per heavy atom.